The highest BCUT2D eigenvalue weighted by Crippen LogP contribution is 2.08. The van der Waals surface area contributed by atoms with E-state index in [1.54, 1.807) is 0 Å². The summed E-state index contributed by atoms with van der Waals surface area (Å²) >= 11 is 0. The van der Waals surface area contributed by atoms with Gasteiger partial charge in [-0.2, -0.15) is 0 Å². The number of hydrogen-bond donors (Lipinski definition) is 2. The van der Waals surface area contributed by atoms with E-state index in [1.807, 2.05) is 0 Å². The van der Waals surface area contributed by atoms with Crippen LogP contribution in [0, 0.1) is 6.07 Å². The van der Waals surface area contributed by atoms with E-state index in [0.717, 1.165) is 0 Å². The molecule has 0 aliphatic carbocycles. The Hall–Kier alpha value is -1.51. The number of carbonyl (C=O) groups is 1. The number of rotatable bonds is 1. The van der Waals surface area contributed by atoms with Crippen LogP contribution in [-0.4, -0.2) is 11.0 Å². The van der Waals surface area contributed by atoms with E-state index in [-0.39, 0.29) is 11.3 Å². The molecule has 3 nitrogen and oxygen atoms in total. The predicted molar refractivity (Wildman–Crippen MR) is 35.5 cm³/mol. The molecule has 0 aliphatic heterocycles. The molecule has 0 spiro atoms. The lowest BCUT2D eigenvalue weighted by Gasteiger charge is -1.93. The Balaban J connectivity index is 3.07. The standard InChI is InChI=1S/C7H6NO2/c8-7(10)5-2-1-3-6(9)4-5/h2-4,9H,(H2,8,10). The molecule has 0 heterocycles. The third kappa shape index (κ3) is 1.25. The molecule has 0 unspecified atom stereocenters. The van der Waals surface area contributed by atoms with Gasteiger partial charge in [-0.3, -0.25) is 4.79 Å². The van der Waals surface area contributed by atoms with Crippen molar-refractivity contribution in [3.63, 3.8) is 0 Å². The number of amides is 1. The summed E-state index contributed by atoms with van der Waals surface area (Å²) in [4.78, 5) is 10.4. The Morgan fingerprint density at radius 3 is 2.70 bits per heavy atom. The van der Waals surface area contributed by atoms with Crippen molar-refractivity contribution in [3.05, 3.63) is 29.8 Å². The van der Waals surface area contributed by atoms with Gasteiger partial charge in [-0.05, 0) is 24.3 Å². The van der Waals surface area contributed by atoms with Crippen LogP contribution in [0.4, 0.5) is 0 Å². The molecule has 0 bridgehead atoms. The second-order valence-corrected chi connectivity index (χ2v) is 1.84. The van der Waals surface area contributed by atoms with Crippen LogP contribution in [0.5, 0.6) is 5.75 Å². The van der Waals surface area contributed by atoms with Crippen molar-refractivity contribution in [2.24, 2.45) is 5.73 Å². The van der Waals surface area contributed by atoms with Crippen LogP contribution < -0.4 is 5.73 Å². The van der Waals surface area contributed by atoms with Crippen LogP contribution in [-0.2, 0) is 0 Å². The number of hydrogen-bond acceptors (Lipinski definition) is 2. The normalized spacial score (nSPS) is 9.20. The van der Waals surface area contributed by atoms with Crippen LogP contribution in [0.1, 0.15) is 10.4 Å². The van der Waals surface area contributed by atoms with Gasteiger partial charge in [-0.25, -0.2) is 0 Å². The zero-order valence-corrected chi connectivity index (χ0v) is 5.16. The van der Waals surface area contributed by atoms with Gasteiger partial charge < -0.3 is 10.8 Å². The summed E-state index contributed by atoms with van der Waals surface area (Å²) in [6.45, 7) is 0. The molecule has 1 aromatic rings. The molecule has 0 saturated carbocycles. The minimum atomic E-state index is -0.563. The summed E-state index contributed by atoms with van der Waals surface area (Å²) in [7, 11) is 0. The van der Waals surface area contributed by atoms with Gasteiger partial charge in [0.15, 0.2) is 0 Å². The average molecular weight is 136 g/mol. The molecule has 1 radical (unpaired) electrons. The van der Waals surface area contributed by atoms with Crippen molar-refractivity contribution in [2.45, 2.75) is 0 Å². The largest absolute Gasteiger partial charge is 0.508 e. The molecule has 0 aliphatic rings. The summed E-state index contributed by atoms with van der Waals surface area (Å²) in [5.74, 6) is -0.566. The first kappa shape index (κ1) is 6.61. The highest BCUT2D eigenvalue weighted by atomic mass is 16.3. The lowest BCUT2D eigenvalue weighted by Crippen LogP contribution is -2.10. The van der Waals surface area contributed by atoms with Gasteiger partial charge in [-0.1, -0.05) is 0 Å². The number of aromatic hydroxyl groups is 1. The third-order valence-electron chi connectivity index (χ3n) is 1.06. The first-order valence-electron chi connectivity index (χ1n) is 2.70. The topological polar surface area (TPSA) is 63.3 Å². The van der Waals surface area contributed by atoms with E-state index in [1.165, 1.54) is 18.2 Å². The van der Waals surface area contributed by atoms with Crippen LogP contribution in [0.25, 0.3) is 0 Å². The van der Waals surface area contributed by atoms with Gasteiger partial charge in [0.2, 0.25) is 5.91 Å². The van der Waals surface area contributed by atoms with Crippen LogP contribution >= 0.6 is 0 Å². The monoisotopic (exact) mass is 136 g/mol. The molecule has 0 fully saturated rings. The van der Waals surface area contributed by atoms with Crippen molar-refractivity contribution in [3.8, 4) is 5.75 Å². The molecule has 3 N–H and O–H groups in total. The number of benzene rings is 1. The highest BCUT2D eigenvalue weighted by molar-refractivity contribution is 5.93. The number of nitrogens with two attached hydrogens (primary N) is 1. The SMILES string of the molecule is NC(=O)c1c[c]cc(O)c1. The highest BCUT2D eigenvalue weighted by Gasteiger charge is 1.98. The number of phenols is 1. The summed E-state index contributed by atoms with van der Waals surface area (Å²) < 4.78 is 0. The number of primary amides is 1. The molecular weight excluding hydrogens is 130 g/mol. The van der Waals surface area contributed by atoms with E-state index >= 15 is 0 Å². The number of phenolic OH excluding ortho intramolecular Hbond substituents is 1. The van der Waals surface area contributed by atoms with Crippen molar-refractivity contribution in [1.29, 1.82) is 0 Å². The minimum Gasteiger partial charge on any atom is -0.508 e. The van der Waals surface area contributed by atoms with Gasteiger partial charge in [0.05, 0.1) is 0 Å². The van der Waals surface area contributed by atoms with Gasteiger partial charge in [0.1, 0.15) is 5.75 Å². The first-order chi connectivity index (χ1) is 4.70. The maximum atomic E-state index is 10.4. The third-order valence-corrected chi connectivity index (χ3v) is 1.06. The molecule has 51 valence electrons. The number of carbonyl (C=O) groups excluding carboxylic acids is 1. The Labute approximate surface area is 58.1 Å². The summed E-state index contributed by atoms with van der Waals surface area (Å²) in [5, 5.41) is 8.82. The quantitative estimate of drug-likeness (QED) is 0.582. The fourth-order valence-electron chi connectivity index (χ4n) is 0.602. The lowest BCUT2D eigenvalue weighted by atomic mass is 10.2. The van der Waals surface area contributed by atoms with E-state index in [4.69, 9.17) is 10.8 Å². The van der Waals surface area contributed by atoms with Crippen LogP contribution in [0.3, 0.4) is 0 Å². The fourth-order valence-corrected chi connectivity index (χ4v) is 0.602. The zero-order valence-electron chi connectivity index (χ0n) is 5.16. The second-order valence-electron chi connectivity index (χ2n) is 1.84. The summed E-state index contributed by atoms with van der Waals surface area (Å²) in [6.07, 6.45) is 0. The first-order valence-corrected chi connectivity index (χ1v) is 2.70. The average Bonchev–Trinajstić information content (AvgIpc) is 1.88. The molecule has 10 heavy (non-hydrogen) atoms. The second kappa shape index (κ2) is 2.39. The van der Waals surface area contributed by atoms with Gasteiger partial charge in [-0.15, -0.1) is 0 Å². The maximum Gasteiger partial charge on any atom is 0.248 e. The summed E-state index contributed by atoms with van der Waals surface area (Å²) in [5.41, 5.74) is 5.18. The van der Waals surface area contributed by atoms with Crippen molar-refractivity contribution in [2.75, 3.05) is 0 Å². The van der Waals surface area contributed by atoms with Gasteiger partial charge in [0, 0.05) is 5.56 Å². The van der Waals surface area contributed by atoms with Gasteiger partial charge in [0.25, 0.3) is 0 Å². The maximum absolute atomic E-state index is 10.4. The van der Waals surface area contributed by atoms with Crippen LogP contribution in [0.2, 0.25) is 0 Å². The van der Waals surface area contributed by atoms with E-state index < -0.39 is 5.91 Å². The molecule has 0 aromatic heterocycles. The Morgan fingerprint density at radius 1 is 1.60 bits per heavy atom. The van der Waals surface area contributed by atoms with Crippen molar-refractivity contribution >= 4 is 5.91 Å². The van der Waals surface area contributed by atoms with E-state index in [0.29, 0.717) is 0 Å². The zero-order chi connectivity index (χ0) is 7.56. The predicted octanol–water partition coefficient (Wildman–Crippen LogP) is 0.291. The summed E-state index contributed by atoms with van der Waals surface area (Å²) in [6, 6.07) is 6.62. The van der Waals surface area contributed by atoms with Crippen LogP contribution in [0.15, 0.2) is 18.2 Å². The smallest absolute Gasteiger partial charge is 0.248 e. The lowest BCUT2D eigenvalue weighted by molar-refractivity contribution is 0.1000. The Bertz CT molecular complexity index is 258. The minimum absolute atomic E-state index is 0.00343. The molecule has 1 aromatic carbocycles. The molecule has 3 heteroatoms. The van der Waals surface area contributed by atoms with E-state index in [2.05, 4.69) is 6.07 Å². The fraction of sp³-hybridized carbons (Fsp3) is 0. The Morgan fingerprint density at radius 2 is 2.30 bits per heavy atom. The van der Waals surface area contributed by atoms with Crippen molar-refractivity contribution in [1.82, 2.24) is 0 Å². The Kier molecular flexibility index (Phi) is 1.58. The van der Waals surface area contributed by atoms with Crippen molar-refractivity contribution < 1.29 is 9.90 Å². The van der Waals surface area contributed by atoms with E-state index in [9.17, 15) is 4.79 Å². The molecule has 0 atom stereocenters. The molecular formula is C7H6NO2. The molecule has 1 rings (SSSR count). The molecule has 0 saturated heterocycles. The van der Waals surface area contributed by atoms with Gasteiger partial charge >= 0.3 is 0 Å². The molecule has 1 amide bonds.